The SMILES string of the molecule is CC[C@@H](NC(=O)CN(c1ccc(OC)c(Cl)c1)S(=O)(=O)c1ccc(C)cc1)c1ccc(OC)c(C)c1. The highest BCUT2D eigenvalue weighted by atomic mass is 35.5. The van der Waals surface area contributed by atoms with Gasteiger partial charge in [-0.15, -0.1) is 0 Å². The Bertz CT molecular complexity index is 1330. The topological polar surface area (TPSA) is 84.9 Å². The summed E-state index contributed by atoms with van der Waals surface area (Å²) >= 11 is 6.30. The largest absolute Gasteiger partial charge is 0.496 e. The Morgan fingerprint density at radius 3 is 2.17 bits per heavy atom. The lowest BCUT2D eigenvalue weighted by atomic mass is 10.0. The Hall–Kier alpha value is -3.23. The van der Waals surface area contributed by atoms with Crippen LogP contribution in [0.1, 0.15) is 36.1 Å². The standard InChI is InChI=1S/C27H31ClN2O5S/c1-6-24(20-9-13-25(34-4)19(3)15-20)29-27(31)17-30(21-10-14-26(35-5)23(28)16-21)36(32,33)22-11-7-18(2)8-12-22/h7-16,24H,6,17H2,1-5H3,(H,29,31)/t24-/m1/s1. The van der Waals surface area contributed by atoms with Gasteiger partial charge in [-0.05, 0) is 67.8 Å². The number of anilines is 1. The number of hydrogen-bond acceptors (Lipinski definition) is 5. The normalized spacial score (nSPS) is 12.1. The van der Waals surface area contributed by atoms with Gasteiger partial charge in [0.1, 0.15) is 18.0 Å². The number of amides is 1. The van der Waals surface area contributed by atoms with Gasteiger partial charge in [0.25, 0.3) is 10.0 Å². The Kier molecular flexibility index (Phi) is 8.87. The molecule has 0 saturated heterocycles. The highest BCUT2D eigenvalue weighted by molar-refractivity contribution is 7.92. The van der Waals surface area contributed by atoms with Gasteiger partial charge in [0.05, 0.1) is 35.9 Å². The fourth-order valence-electron chi connectivity index (χ4n) is 3.87. The van der Waals surface area contributed by atoms with Crippen molar-refractivity contribution >= 4 is 33.2 Å². The maximum atomic E-state index is 13.6. The highest BCUT2D eigenvalue weighted by Crippen LogP contribution is 2.32. The average Bonchev–Trinajstić information content (AvgIpc) is 2.86. The van der Waals surface area contributed by atoms with Crippen LogP contribution in [0.5, 0.6) is 11.5 Å². The Balaban J connectivity index is 1.94. The number of hydrogen-bond donors (Lipinski definition) is 1. The zero-order valence-electron chi connectivity index (χ0n) is 21.0. The van der Waals surface area contributed by atoms with Crippen LogP contribution >= 0.6 is 11.6 Å². The van der Waals surface area contributed by atoms with Crippen molar-refractivity contribution in [3.05, 3.63) is 82.4 Å². The molecule has 3 aromatic carbocycles. The molecule has 0 radical (unpaired) electrons. The quantitative estimate of drug-likeness (QED) is 0.377. The number of ether oxygens (including phenoxy) is 2. The summed E-state index contributed by atoms with van der Waals surface area (Å²) in [5.74, 6) is 0.711. The molecule has 1 amide bonds. The third kappa shape index (κ3) is 6.12. The van der Waals surface area contributed by atoms with Crippen LogP contribution in [0.25, 0.3) is 0 Å². The lowest BCUT2D eigenvalue weighted by Gasteiger charge is -2.26. The fraction of sp³-hybridized carbons (Fsp3) is 0.296. The second-order valence-corrected chi connectivity index (χ2v) is 10.7. The van der Waals surface area contributed by atoms with Gasteiger partial charge in [-0.1, -0.05) is 48.4 Å². The summed E-state index contributed by atoms with van der Waals surface area (Å²) in [6.45, 7) is 5.33. The number of nitrogens with one attached hydrogen (secondary N) is 1. The van der Waals surface area contributed by atoms with Crippen molar-refractivity contribution in [3.8, 4) is 11.5 Å². The second kappa shape index (κ2) is 11.7. The van der Waals surface area contributed by atoms with E-state index in [0.29, 0.717) is 12.2 Å². The summed E-state index contributed by atoms with van der Waals surface area (Å²) in [6, 6.07) is 16.5. The van der Waals surface area contributed by atoms with Crippen LogP contribution < -0.4 is 19.1 Å². The number of aryl methyl sites for hydroxylation is 2. The minimum Gasteiger partial charge on any atom is -0.496 e. The smallest absolute Gasteiger partial charge is 0.264 e. The molecule has 9 heteroatoms. The number of sulfonamides is 1. The van der Waals surface area contributed by atoms with E-state index in [4.69, 9.17) is 21.1 Å². The minimum absolute atomic E-state index is 0.0747. The van der Waals surface area contributed by atoms with Crippen LogP contribution in [0.4, 0.5) is 5.69 Å². The molecule has 1 N–H and O–H groups in total. The van der Waals surface area contributed by atoms with E-state index in [1.54, 1.807) is 31.4 Å². The molecule has 0 saturated carbocycles. The van der Waals surface area contributed by atoms with Gasteiger partial charge < -0.3 is 14.8 Å². The average molecular weight is 531 g/mol. The van der Waals surface area contributed by atoms with Crippen molar-refractivity contribution < 1.29 is 22.7 Å². The van der Waals surface area contributed by atoms with E-state index >= 15 is 0 Å². The molecule has 0 spiro atoms. The lowest BCUT2D eigenvalue weighted by Crippen LogP contribution is -2.42. The summed E-state index contributed by atoms with van der Waals surface area (Å²) in [5, 5.41) is 3.21. The lowest BCUT2D eigenvalue weighted by molar-refractivity contribution is -0.120. The van der Waals surface area contributed by atoms with Crippen molar-refractivity contribution in [2.24, 2.45) is 0 Å². The molecular formula is C27H31ClN2O5S. The van der Waals surface area contributed by atoms with Gasteiger partial charge in [-0.3, -0.25) is 9.10 Å². The molecule has 0 aliphatic rings. The summed E-state index contributed by atoms with van der Waals surface area (Å²) < 4.78 is 38.9. The predicted octanol–water partition coefficient (Wildman–Crippen LogP) is 5.44. The van der Waals surface area contributed by atoms with Crippen LogP contribution in [0.15, 0.2) is 65.6 Å². The first-order valence-electron chi connectivity index (χ1n) is 11.5. The predicted molar refractivity (Wildman–Crippen MR) is 143 cm³/mol. The molecule has 3 rings (SSSR count). The number of halogens is 1. The third-order valence-electron chi connectivity index (χ3n) is 5.88. The zero-order valence-corrected chi connectivity index (χ0v) is 22.6. The van der Waals surface area contributed by atoms with Crippen LogP contribution in [0, 0.1) is 13.8 Å². The van der Waals surface area contributed by atoms with Crippen molar-refractivity contribution in [2.45, 2.75) is 38.1 Å². The summed E-state index contributed by atoms with van der Waals surface area (Å²) in [4.78, 5) is 13.3. The van der Waals surface area contributed by atoms with Crippen molar-refractivity contribution in [3.63, 3.8) is 0 Å². The van der Waals surface area contributed by atoms with Crippen LogP contribution in [0.3, 0.4) is 0 Å². The molecule has 0 heterocycles. The van der Waals surface area contributed by atoms with Gasteiger partial charge in [0.15, 0.2) is 0 Å². The molecule has 1 atom stereocenters. The van der Waals surface area contributed by atoms with Gasteiger partial charge in [0.2, 0.25) is 5.91 Å². The summed E-state index contributed by atoms with van der Waals surface area (Å²) in [7, 11) is -0.989. The molecule has 0 aliphatic heterocycles. The number of nitrogens with zero attached hydrogens (tertiary/aromatic N) is 1. The zero-order chi connectivity index (χ0) is 26.5. The fourth-order valence-corrected chi connectivity index (χ4v) is 5.54. The summed E-state index contributed by atoms with van der Waals surface area (Å²) in [5.41, 5.74) is 3.03. The third-order valence-corrected chi connectivity index (χ3v) is 7.97. The van der Waals surface area contributed by atoms with Crippen molar-refractivity contribution in [1.29, 1.82) is 0 Å². The van der Waals surface area contributed by atoms with E-state index < -0.39 is 22.5 Å². The van der Waals surface area contributed by atoms with Crippen LogP contribution in [0.2, 0.25) is 5.02 Å². The number of benzene rings is 3. The van der Waals surface area contributed by atoms with E-state index in [1.807, 2.05) is 39.0 Å². The van der Waals surface area contributed by atoms with Crippen LogP contribution in [-0.2, 0) is 14.8 Å². The summed E-state index contributed by atoms with van der Waals surface area (Å²) in [6.07, 6.45) is 0.622. The Morgan fingerprint density at radius 1 is 0.972 bits per heavy atom. The first-order chi connectivity index (χ1) is 17.1. The molecule has 0 fully saturated rings. The van der Waals surface area contributed by atoms with Crippen molar-refractivity contribution in [2.75, 3.05) is 25.1 Å². The maximum absolute atomic E-state index is 13.6. The van der Waals surface area contributed by atoms with E-state index in [1.165, 1.54) is 25.3 Å². The van der Waals surface area contributed by atoms with E-state index in [9.17, 15) is 13.2 Å². The molecule has 0 aromatic heterocycles. The van der Waals surface area contributed by atoms with Gasteiger partial charge in [-0.2, -0.15) is 0 Å². The van der Waals surface area contributed by atoms with E-state index in [0.717, 1.165) is 26.7 Å². The van der Waals surface area contributed by atoms with Crippen LogP contribution in [-0.4, -0.2) is 35.1 Å². The molecule has 192 valence electrons. The first kappa shape index (κ1) is 27.4. The molecule has 0 aliphatic carbocycles. The number of carbonyl (C=O) groups excluding carboxylic acids is 1. The number of rotatable bonds is 10. The highest BCUT2D eigenvalue weighted by Gasteiger charge is 2.28. The molecule has 3 aromatic rings. The van der Waals surface area contributed by atoms with Gasteiger partial charge in [-0.25, -0.2) is 8.42 Å². The van der Waals surface area contributed by atoms with E-state index in [-0.39, 0.29) is 21.6 Å². The molecule has 7 nitrogen and oxygen atoms in total. The Morgan fingerprint density at radius 2 is 1.61 bits per heavy atom. The molecule has 36 heavy (non-hydrogen) atoms. The molecular weight excluding hydrogens is 500 g/mol. The van der Waals surface area contributed by atoms with E-state index in [2.05, 4.69) is 5.32 Å². The van der Waals surface area contributed by atoms with Gasteiger partial charge in [0, 0.05) is 0 Å². The molecule has 0 unspecified atom stereocenters. The minimum atomic E-state index is -4.07. The van der Waals surface area contributed by atoms with Crippen molar-refractivity contribution in [1.82, 2.24) is 5.32 Å². The second-order valence-electron chi connectivity index (χ2n) is 8.40. The molecule has 0 bridgehead atoms. The monoisotopic (exact) mass is 530 g/mol. The number of methoxy groups -OCH3 is 2. The number of carbonyl (C=O) groups is 1. The maximum Gasteiger partial charge on any atom is 0.264 e. The first-order valence-corrected chi connectivity index (χ1v) is 13.3. The Labute approximate surface area is 218 Å². The van der Waals surface area contributed by atoms with Gasteiger partial charge >= 0.3 is 0 Å².